The summed E-state index contributed by atoms with van der Waals surface area (Å²) in [6, 6.07) is 9.56. The van der Waals surface area contributed by atoms with Gasteiger partial charge >= 0.3 is 5.97 Å². The maximum absolute atomic E-state index is 13.0. The minimum absolute atomic E-state index is 0.218. The Bertz CT molecular complexity index is 762. The Morgan fingerprint density at radius 3 is 2.75 bits per heavy atom. The summed E-state index contributed by atoms with van der Waals surface area (Å²) in [4.78, 5) is 11.3. The van der Waals surface area contributed by atoms with Crippen LogP contribution in [0.4, 0.5) is 4.39 Å². The zero-order valence-corrected chi connectivity index (χ0v) is 15.2. The van der Waals surface area contributed by atoms with Crippen LogP contribution >= 0.6 is 27.5 Å². The molecule has 0 saturated heterocycles. The van der Waals surface area contributed by atoms with Crippen LogP contribution < -0.4 is 4.74 Å². The second-order valence-electron chi connectivity index (χ2n) is 4.80. The molecule has 24 heavy (non-hydrogen) atoms. The number of halogens is 3. The van der Waals surface area contributed by atoms with E-state index in [1.165, 1.54) is 18.2 Å². The zero-order chi connectivity index (χ0) is 17.5. The summed E-state index contributed by atoms with van der Waals surface area (Å²) in [5, 5.41) is 0.320. The van der Waals surface area contributed by atoms with Crippen LogP contribution in [0, 0.1) is 5.82 Å². The van der Waals surface area contributed by atoms with E-state index in [1.54, 1.807) is 25.1 Å². The van der Waals surface area contributed by atoms with Crippen molar-refractivity contribution in [1.29, 1.82) is 0 Å². The number of benzene rings is 2. The van der Waals surface area contributed by atoms with E-state index in [0.717, 1.165) is 10.0 Å². The Morgan fingerprint density at radius 2 is 2.08 bits per heavy atom. The highest BCUT2D eigenvalue weighted by atomic mass is 79.9. The van der Waals surface area contributed by atoms with E-state index in [9.17, 15) is 9.18 Å². The van der Waals surface area contributed by atoms with E-state index < -0.39 is 0 Å². The Labute approximate surface area is 153 Å². The van der Waals surface area contributed by atoms with E-state index in [-0.39, 0.29) is 18.4 Å². The Morgan fingerprint density at radius 1 is 1.29 bits per heavy atom. The molecule has 0 bridgehead atoms. The number of hydrogen-bond donors (Lipinski definition) is 0. The highest BCUT2D eigenvalue weighted by Crippen LogP contribution is 2.28. The standard InChI is InChI=1S/C18H15BrClFO3/c1-2-23-18(22)8-4-12-3-7-17(15(19)9-12)24-11-13-5-6-14(21)10-16(13)20/h3-10H,2,11H2,1H3/b8-4+. The van der Waals surface area contributed by atoms with E-state index >= 15 is 0 Å². The van der Waals surface area contributed by atoms with Gasteiger partial charge in [0.05, 0.1) is 16.1 Å². The van der Waals surface area contributed by atoms with Gasteiger partial charge in [0.25, 0.3) is 0 Å². The molecule has 0 radical (unpaired) electrons. The quantitative estimate of drug-likeness (QED) is 0.470. The smallest absolute Gasteiger partial charge is 0.330 e. The monoisotopic (exact) mass is 412 g/mol. The second kappa shape index (κ2) is 8.85. The first-order valence-corrected chi connectivity index (χ1v) is 8.38. The van der Waals surface area contributed by atoms with Crippen molar-refractivity contribution in [3.8, 4) is 5.75 Å². The number of esters is 1. The van der Waals surface area contributed by atoms with Crippen molar-refractivity contribution in [2.75, 3.05) is 6.61 Å². The largest absolute Gasteiger partial charge is 0.488 e. The van der Waals surface area contributed by atoms with Crippen molar-refractivity contribution < 1.29 is 18.7 Å². The summed E-state index contributed by atoms with van der Waals surface area (Å²) < 4.78 is 24.3. The third kappa shape index (κ3) is 5.35. The molecule has 126 valence electrons. The van der Waals surface area contributed by atoms with Crippen molar-refractivity contribution in [3.05, 3.63) is 68.9 Å². The zero-order valence-electron chi connectivity index (χ0n) is 12.9. The molecule has 3 nitrogen and oxygen atoms in total. The van der Waals surface area contributed by atoms with E-state index in [0.29, 0.717) is 22.9 Å². The molecule has 2 aromatic rings. The molecule has 0 aromatic heterocycles. The van der Waals surface area contributed by atoms with Crippen LogP contribution in [0.2, 0.25) is 5.02 Å². The highest BCUT2D eigenvalue weighted by Gasteiger charge is 2.06. The molecule has 0 heterocycles. The van der Waals surface area contributed by atoms with Crippen LogP contribution in [0.5, 0.6) is 5.75 Å². The molecule has 2 rings (SSSR count). The molecule has 0 fully saturated rings. The van der Waals surface area contributed by atoms with Gasteiger partial charge < -0.3 is 9.47 Å². The molecule has 0 N–H and O–H groups in total. The molecule has 0 aliphatic rings. The molecule has 2 aromatic carbocycles. The molecule has 6 heteroatoms. The molecule has 0 saturated carbocycles. The fourth-order valence-corrected chi connectivity index (χ4v) is 2.62. The Balaban J connectivity index is 2.03. The summed E-state index contributed by atoms with van der Waals surface area (Å²) in [6.45, 7) is 2.31. The van der Waals surface area contributed by atoms with Gasteiger partial charge in [0.2, 0.25) is 0 Å². The van der Waals surface area contributed by atoms with Gasteiger partial charge in [-0.05, 0) is 58.8 Å². The lowest BCUT2D eigenvalue weighted by atomic mass is 10.2. The molecular formula is C18H15BrClFO3. The minimum Gasteiger partial charge on any atom is -0.488 e. The lowest BCUT2D eigenvalue weighted by Crippen LogP contribution is -1.99. The molecular weight excluding hydrogens is 399 g/mol. The normalized spacial score (nSPS) is 10.8. The molecule has 0 amide bonds. The molecule has 0 aliphatic carbocycles. The summed E-state index contributed by atoms with van der Waals surface area (Å²) in [5.74, 6) is -0.161. The van der Waals surface area contributed by atoms with E-state index in [4.69, 9.17) is 21.1 Å². The number of hydrogen-bond acceptors (Lipinski definition) is 3. The van der Waals surface area contributed by atoms with Gasteiger partial charge in [-0.15, -0.1) is 0 Å². The first-order valence-electron chi connectivity index (χ1n) is 7.20. The predicted octanol–water partition coefficient (Wildman–Crippen LogP) is 5.40. The Hall–Kier alpha value is -1.85. The second-order valence-corrected chi connectivity index (χ2v) is 6.06. The summed E-state index contributed by atoms with van der Waals surface area (Å²) in [5.41, 5.74) is 1.51. The Kier molecular flexibility index (Phi) is 6.82. The van der Waals surface area contributed by atoms with Gasteiger partial charge in [-0.3, -0.25) is 0 Å². The fourth-order valence-electron chi connectivity index (χ4n) is 1.89. The minimum atomic E-state index is -0.389. The third-order valence-corrected chi connectivity index (χ3v) is 4.02. The number of carbonyl (C=O) groups is 1. The maximum atomic E-state index is 13.0. The maximum Gasteiger partial charge on any atom is 0.330 e. The number of carbonyl (C=O) groups excluding carboxylic acids is 1. The number of rotatable bonds is 6. The van der Waals surface area contributed by atoms with Crippen LogP contribution in [0.3, 0.4) is 0 Å². The lowest BCUT2D eigenvalue weighted by Gasteiger charge is -2.10. The van der Waals surface area contributed by atoms with Gasteiger partial charge in [0, 0.05) is 11.6 Å². The number of ether oxygens (including phenoxy) is 2. The van der Waals surface area contributed by atoms with Gasteiger partial charge in [-0.1, -0.05) is 23.7 Å². The van der Waals surface area contributed by atoms with Crippen molar-refractivity contribution in [3.63, 3.8) is 0 Å². The molecule has 0 aliphatic heterocycles. The fraction of sp³-hybridized carbons (Fsp3) is 0.167. The van der Waals surface area contributed by atoms with Crippen molar-refractivity contribution in [2.24, 2.45) is 0 Å². The lowest BCUT2D eigenvalue weighted by molar-refractivity contribution is -0.137. The topological polar surface area (TPSA) is 35.5 Å². The average Bonchev–Trinajstić information content (AvgIpc) is 2.54. The van der Waals surface area contributed by atoms with Crippen LogP contribution in [-0.2, 0) is 16.1 Å². The van der Waals surface area contributed by atoms with Crippen LogP contribution in [-0.4, -0.2) is 12.6 Å². The summed E-state index contributed by atoms with van der Waals surface area (Å²) in [7, 11) is 0. The van der Waals surface area contributed by atoms with E-state index in [2.05, 4.69) is 15.9 Å². The van der Waals surface area contributed by atoms with Crippen LogP contribution in [0.25, 0.3) is 6.08 Å². The predicted molar refractivity (Wildman–Crippen MR) is 95.6 cm³/mol. The molecule has 0 unspecified atom stereocenters. The molecule has 0 atom stereocenters. The molecule has 0 spiro atoms. The van der Waals surface area contributed by atoms with Gasteiger partial charge in [-0.25, -0.2) is 9.18 Å². The van der Waals surface area contributed by atoms with Crippen molar-refractivity contribution in [2.45, 2.75) is 13.5 Å². The SMILES string of the molecule is CCOC(=O)/C=C/c1ccc(OCc2ccc(F)cc2Cl)c(Br)c1. The third-order valence-electron chi connectivity index (χ3n) is 3.05. The first kappa shape index (κ1) is 18.5. The van der Waals surface area contributed by atoms with Crippen molar-refractivity contribution >= 4 is 39.6 Å². The van der Waals surface area contributed by atoms with Gasteiger partial charge in [0.1, 0.15) is 18.2 Å². The summed E-state index contributed by atoms with van der Waals surface area (Å²) >= 11 is 9.39. The van der Waals surface area contributed by atoms with Crippen LogP contribution in [0.15, 0.2) is 46.9 Å². The van der Waals surface area contributed by atoms with Gasteiger partial charge in [-0.2, -0.15) is 0 Å². The highest BCUT2D eigenvalue weighted by molar-refractivity contribution is 9.10. The first-order chi connectivity index (χ1) is 11.5. The average molecular weight is 414 g/mol. The van der Waals surface area contributed by atoms with Crippen LogP contribution in [0.1, 0.15) is 18.1 Å². The summed E-state index contributed by atoms with van der Waals surface area (Å²) in [6.07, 6.45) is 3.02. The van der Waals surface area contributed by atoms with Crippen molar-refractivity contribution in [1.82, 2.24) is 0 Å². The van der Waals surface area contributed by atoms with E-state index in [1.807, 2.05) is 12.1 Å². The van der Waals surface area contributed by atoms with Gasteiger partial charge in [0.15, 0.2) is 0 Å².